The first kappa shape index (κ1) is 10.5. The van der Waals surface area contributed by atoms with Crippen molar-refractivity contribution in [1.82, 2.24) is 14.9 Å². The number of imidazole rings is 1. The number of hydrogen-bond donors (Lipinski definition) is 1. The van der Waals surface area contributed by atoms with Crippen LogP contribution in [-0.2, 0) is 6.54 Å². The second-order valence-electron chi connectivity index (χ2n) is 4.67. The Morgan fingerprint density at radius 2 is 2.29 bits per heavy atom. The predicted octanol–water partition coefficient (Wildman–Crippen LogP) is 2.43. The maximum Gasteiger partial charge on any atom is 0.110 e. The SMILES string of the molecule is Cc1nccn1-c1cccc(CNC2CC2)c1. The van der Waals surface area contributed by atoms with E-state index in [1.807, 2.05) is 19.3 Å². The molecule has 0 spiro atoms. The zero-order valence-electron chi connectivity index (χ0n) is 10.1. The molecule has 2 aromatic rings. The summed E-state index contributed by atoms with van der Waals surface area (Å²) in [6.45, 7) is 2.99. The smallest absolute Gasteiger partial charge is 0.110 e. The van der Waals surface area contributed by atoms with Gasteiger partial charge in [0.1, 0.15) is 5.82 Å². The summed E-state index contributed by atoms with van der Waals surface area (Å²) in [6, 6.07) is 9.39. The van der Waals surface area contributed by atoms with E-state index in [2.05, 4.69) is 39.1 Å². The van der Waals surface area contributed by atoms with Crippen molar-refractivity contribution in [3.8, 4) is 5.69 Å². The van der Waals surface area contributed by atoms with Gasteiger partial charge in [0.2, 0.25) is 0 Å². The molecule has 0 saturated heterocycles. The van der Waals surface area contributed by atoms with Crippen molar-refractivity contribution < 1.29 is 0 Å². The third-order valence-electron chi connectivity index (χ3n) is 3.19. The highest BCUT2D eigenvalue weighted by Gasteiger charge is 2.19. The van der Waals surface area contributed by atoms with E-state index in [0.717, 1.165) is 18.4 Å². The third-order valence-corrected chi connectivity index (χ3v) is 3.19. The van der Waals surface area contributed by atoms with E-state index in [4.69, 9.17) is 0 Å². The van der Waals surface area contributed by atoms with Crippen LogP contribution in [0.5, 0.6) is 0 Å². The Morgan fingerprint density at radius 3 is 3.00 bits per heavy atom. The predicted molar refractivity (Wildman–Crippen MR) is 68.2 cm³/mol. The summed E-state index contributed by atoms with van der Waals surface area (Å²) in [5.41, 5.74) is 2.53. The van der Waals surface area contributed by atoms with Gasteiger partial charge in [-0.2, -0.15) is 0 Å². The van der Waals surface area contributed by atoms with Crippen LogP contribution in [0, 0.1) is 6.92 Å². The molecule has 17 heavy (non-hydrogen) atoms. The maximum absolute atomic E-state index is 4.25. The number of rotatable bonds is 4. The Morgan fingerprint density at radius 1 is 1.41 bits per heavy atom. The quantitative estimate of drug-likeness (QED) is 0.869. The van der Waals surface area contributed by atoms with Crippen molar-refractivity contribution in [3.63, 3.8) is 0 Å². The second kappa shape index (κ2) is 4.34. The number of aryl methyl sites for hydroxylation is 1. The van der Waals surface area contributed by atoms with Gasteiger partial charge in [-0.25, -0.2) is 4.98 Å². The molecule has 0 atom stereocenters. The summed E-state index contributed by atoms with van der Waals surface area (Å²) in [5, 5.41) is 3.54. The minimum Gasteiger partial charge on any atom is -0.310 e. The Bertz CT molecular complexity index is 512. The van der Waals surface area contributed by atoms with Gasteiger partial charge >= 0.3 is 0 Å². The molecular formula is C14H17N3. The Balaban J connectivity index is 1.80. The van der Waals surface area contributed by atoms with E-state index in [-0.39, 0.29) is 0 Å². The number of aromatic nitrogens is 2. The topological polar surface area (TPSA) is 29.9 Å². The molecule has 1 N–H and O–H groups in total. The highest BCUT2D eigenvalue weighted by molar-refractivity contribution is 5.37. The van der Waals surface area contributed by atoms with E-state index >= 15 is 0 Å². The van der Waals surface area contributed by atoms with E-state index in [1.165, 1.54) is 24.1 Å². The van der Waals surface area contributed by atoms with Gasteiger partial charge in [-0.05, 0) is 37.5 Å². The first-order chi connectivity index (χ1) is 8.33. The molecular weight excluding hydrogens is 210 g/mol. The molecule has 1 heterocycles. The van der Waals surface area contributed by atoms with Crippen LogP contribution in [0.2, 0.25) is 0 Å². The van der Waals surface area contributed by atoms with Gasteiger partial charge in [-0.3, -0.25) is 0 Å². The van der Waals surface area contributed by atoms with Crippen LogP contribution in [0.15, 0.2) is 36.7 Å². The summed E-state index contributed by atoms with van der Waals surface area (Å²) in [7, 11) is 0. The van der Waals surface area contributed by atoms with Crippen LogP contribution < -0.4 is 5.32 Å². The fraction of sp³-hybridized carbons (Fsp3) is 0.357. The van der Waals surface area contributed by atoms with Gasteiger partial charge < -0.3 is 9.88 Å². The second-order valence-corrected chi connectivity index (χ2v) is 4.67. The zero-order chi connectivity index (χ0) is 11.7. The van der Waals surface area contributed by atoms with Crippen LogP contribution in [-0.4, -0.2) is 15.6 Å². The molecule has 3 heteroatoms. The van der Waals surface area contributed by atoms with Crippen molar-refractivity contribution in [2.24, 2.45) is 0 Å². The molecule has 0 amide bonds. The Labute approximate surface area is 101 Å². The largest absolute Gasteiger partial charge is 0.310 e. The molecule has 0 bridgehead atoms. The van der Waals surface area contributed by atoms with Gasteiger partial charge in [0, 0.05) is 30.7 Å². The maximum atomic E-state index is 4.25. The lowest BCUT2D eigenvalue weighted by Gasteiger charge is -2.08. The van der Waals surface area contributed by atoms with Crippen molar-refractivity contribution in [2.75, 3.05) is 0 Å². The lowest BCUT2D eigenvalue weighted by atomic mass is 10.2. The summed E-state index contributed by atoms with van der Waals surface area (Å²) >= 11 is 0. The summed E-state index contributed by atoms with van der Waals surface area (Å²) < 4.78 is 2.11. The zero-order valence-corrected chi connectivity index (χ0v) is 10.1. The molecule has 1 aliphatic carbocycles. The highest BCUT2D eigenvalue weighted by Crippen LogP contribution is 2.20. The lowest BCUT2D eigenvalue weighted by Crippen LogP contribution is -2.15. The number of hydrogen-bond acceptors (Lipinski definition) is 2. The van der Waals surface area contributed by atoms with E-state index in [0.29, 0.717) is 0 Å². The first-order valence-electron chi connectivity index (χ1n) is 6.15. The lowest BCUT2D eigenvalue weighted by molar-refractivity contribution is 0.687. The average Bonchev–Trinajstić information content (AvgIpc) is 3.08. The van der Waals surface area contributed by atoms with E-state index < -0.39 is 0 Å². The molecule has 3 nitrogen and oxygen atoms in total. The van der Waals surface area contributed by atoms with Gasteiger partial charge in [0.05, 0.1) is 0 Å². The van der Waals surface area contributed by atoms with Crippen LogP contribution in [0.4, 0.5) is 0 Å². The van der Waals surface area contributed by atoms with Crippen LogP contribution in [0.1, 0.15) is 24.2 Å². The molecule has 1 aliphatic rings. The van der Waals surface area contributed by atoms with Gasteiger partial charge in [0.15, 0.2) is 0 Å². The van der Waals surface area contributed by atoms with Crippen LogP contribution in [0.25, 0.3) is 5.69 Å². The fourth-order valence-electron chi connectivity index (χ4n) is 2.02. The molecule has 88 valence electrons. The summed E-state index contributed by atoms with van der Waals surface area (Å²) in [5.74, 6) is 1.03. The molecule has 0 radical (unpaired) electrons. The summed E-state index contributed by atoms with van der Waals surface area (Å²) in [6.07, 6.45) is 6.51. The van der Waals surface area contributed by atoms with E-state index in [1.54, 1.807) is 0 Å². The van der Waals surface area contributed by atoms with Crippen molar-refractivity contribution in [3.05, 3.63) is 48.0 Å². The van der Waals surface area contributed by atoms with Crippen molar-refractivity contribution in [1.29, 1.82) is 0 Å². The molecule has 3 rings (SSSR count). The van der Waals surface area contributed by atoms with Gasteiger partial charge in [0.25, 0.3) is 0 Å². The molecule has 0 unspecified atom stereocenters. The monoisotopic (exact) mass is 227 g/mol. The van der Waals surface area contributed by atoms with Crippen molar-refractivity contribution >= 4 is 0 Å². The Hall–Kier alpha value is -1.61. The number of benzene rings is 1. The standard InChI is InChI=1S/C14H17N3/c1-11-15-7-8-17(11)14-4-2-3-12(9-14)10-16-13-5-6-13/h2-4,7-9,13,16H,5-6,10H2,1H3. The molecule has 1 saturated carbocycles. The molecule has 1 aromatic heterocycles. The first-order valence-corrected chi connectivity index (χ1v) is 6.15. The van der Waals surface area contributed by atoms with E-state index in [9.17, 15) is 0 Å². The normalized spacial score (nSPS) is 15.1. The Kier molecular flexibility index (Phi) is 2.69. The van der Waals surface area contributed by atoms with Crippen LogP contribution >= 0.6 is 0 Å². The van der Waals surface area contributed by atoms with Gasteiger partial charge in [-0.1, -0.05) is 12.1 Å². The number of nitrogens with zero attached hydrogens (tertiary/aromatic N) is 2. The molecule has 0 aliphatic heterocycles. The summed E-state index contributed by atoms with van der Waals surface area (Å²) in [4.78, 5) is 4.25. The van der Waals surface area contributed by atoms with Crippen molar-refractivity contribution in [2.45, 2.75) is 32.4 Å². The molecule has 1 aromatic carbocycles. The van der Waals surface area contributed by atoms with Gasteiger partial charge in [-0.15, -0.1) is 0 Å². The average molecular weight is 227 g/mol. The minimum atomic E-state index is 0.758. The highest BCUT2D eigenvalue weighted by atomic mass is 15.1. The number of nitrogens with one attached hydrogen (secondary N) is 1. The minimum absolute atomic E-state index is 0.758. The fourth-order valence-corrected chi connectivity index (χ4v) is 2.02. The van der Waals surface area contributed by atoms with Crippen LogP contribution in [0.3, 0.4) is 0 Å². The third kappa shape index (κ3) is 2.39. The molecule has 1 fully saturated rings.